The SMILES string of the molecule is O=C1CCC(C(=O)NC2COc3ccccc3C2)=NN1. The second kappa shape index (κ2) is 5.32. The van der Waals surface area contributed by atoms with Crippen molar-refractivity contribution in [3.8, 4) is 5.75 Å². The first kappa shape index (κ1) is 12.7. The Morgan fingerprint density at radius 2 is 2.20 bits per heavy atom. The van der Waals surface area contributed by atoms with Crippen molar-refractivity contribution in [2.75, 3.05) is 6.61 Å². The molecule has 2 amide bonds. The van der Waals surface area contributed by atoms with Crippen LogP contribution in [0.4, 0.5) is 0 Å². The fraction of sp³-hybridized carbons (Fsp3) is 0.357. The van der Waals surface area contributed by atoms with E-state index in [0.29, 0.717) is 25.2 Å². The Labute approximate surface area is 116 Å². The largest absolute Gasteiger partial charge is 0.491 e. The van der Waals surface area contributed by atoms with Gasteiger partial charge in [0.05, 0.1) is 6.04 Å². The minimum absolute atomic E-state index is 0.0715. The molecule has 0 radical (unpaired) electrons. The van der Waals surface area contributed by atoms with Crippen molar-refractivity contribution in [1.82, 2.24) is 10.7 Å². The van der Waals surface area contributed by atoms with Gasteiger partial charge in [-0.25, -0.2) is 5.43 Å². The van der Waals surface area contributed by atoms with E-state index in [4.69, 9.17) is 4.74 Å². The first-order chi connectivity index (χ1) is 9.72. The summed E-state index contributed by atoms with van der Waals surface area (Å²) in [6.07, 6.45) is 1.42. The molecule has 1 aromatic rings. The van der Waals surface area contributed by atoms with Gasteiger partial charge in [0.15, 0.2) is 0 Å². The quantitative estimate of drug-likeness (QED) is 0.817. The van der Waals surface area contributed by atoms with Crippen LogP contribution in [-0.2, 0) is 16.0 Å². The van der Waals surface area contributed by atoms with Gasteiger partial charge in [0.1, 0.15) is 18.1 Å². The Bertz CT molecular complexity index is 583. The number of amides is 2. The predicted octanol–water partition coefficient (Wildman–Crippen LogP) is 0.372. The van der Waals surface area contributed by atoms with Crippen molar-refractivity contribution >= 4 is 17.5 Å². The highest BCUT2D eigenvalue weighted by Gasteiger charge is 2.24. The zero-order chi connectivity index (χ0) is 13.9. The molecule has 1 unspecified atom stereocenters. The number of ether oxygens (including phenoxy) is 1. The molecule has 104 valence electrons. The van der Waals surface area contributed by atoms with Crippen LogP contribution in [0, 0.1) is 0 Å². The number of hydrazone groups is 1. The molecule has 6 heteroatoms. The fourth-order valence-electron chi connectivity index (χ4n) is 2.33. The van der Waals surface area contributed by atoms with E-state index in [2.05, 4.69) is 15.8 Å². The van der Waals surface area contributed by atoms with E-state index in [1.165, 1.54) is 0 Å². The van der Waals surface area contributed by atoms with Gasteiger partial charge in [-0.1, -0.05) is 18.2 Å². The van der Waals surface area contributed by atoms with Crippen molar-refractivity contribution in [3.63, 3.8) is 0 Å². The van der Waals surface area contributed by atoms with Crippen molar-refractivity contribution in [3.05, 3.63) is 29.8 Å². The average Bonchev–Trinajstić information content (AvgIpc) is 2.48. The summed E-state index contributed by atoms with van der Waals surface area (Å²) in [6.45, 7) is 0.447. The van der Waals surface area contributed by atoms with Crippen LogP contribution in [0.1, 0.15) is 18.4 Å². The van der Waals surface area contributed by atoms with Crippen LogP contribution in [0.15, 0.2) is 29.4 Å². The van der Waals surface area contributed by atoms with Crippen LogP contribution < -0.4 is 15.5 Å². The van der Waals surface area contributed by atoms with Crippen molar-refractivity contribution in [2.24, 2.45) is 5.10 Å². The summed E-state index contributed by atoms with van der Waals surface area (Å²) in [4.78, 5) is 23.0. The van der Waals surface area contributed by atoms with Gasteiger partial charge in [-0.3, -0.25) is 9.59 Å². The molecule has 2 heterocycles. The van der Waals surface area contributed by atoms with Crippen LogP contribution >= 0.6 is 0 Å². The van der Waals surface area contributed by atoms with Crippen LogP contribution in [0.2, 0.25) is 0 Å². The summed E-state index contributed by atoms with van der Waals surface area (Å²) in [5.41, 5.74) is 3.77. The van der Waals surface area contributed by atoms with Gasteiger partial charge in [-0.2, -0.15) is 5.10 Å². The molecule has 1 aromatic carbocycles. The molecule has 3 rings (SSSR count). The summed E-state index contributed by atoms with van der Waals surface area (Å²) in [7, 11) is 0. The van der Waals surface area contributed by atoms with Crippen molar-refractivity contribution in [1.29, 1.82) is 0 Å². The summed E-state index contributed by atoms with van der Waals surface area (Å²) in [6, 6.07) is 7.72. The minimum Gasteiger partial charge on any atom is -0.491 e. The molecule has 0 aromatic heterocycles. The van der Waals surface area contributed by atoms with E-state index >= 15 is 0 Å². The van der Waals surface area contributed by atoms with E-state index in [9.17, 15) is 9.59 Å². The molecule has 0 fully saturated rings. The molecule has 6 nitrogen and oxygen atoms in total. The number of benzene rings is 1. The van der Waals surface area contributed by atoms with Gasteiger partial charge >= 0.3 is 0 Å². The van der Waals surface area contributed by atoms with E-state index in [1.54, 1.807) is 0 Å². The van der Waals surface area contributed by atoms with Gasteiger partial charge in [0.25, 0.3) is 5.91 Å². The van der Waals surface area contributed by atoms with Gasteiger partial charge in [0, 0.05) is 12.8 Å². The molecule has 0 aliphatic carbocycles. The van der Waals surface area contributed by atoms with Gasteiger partial charge in [-0.15, -0.1) is 0 Å². The van der Waals surface area contributed by atoms with E-state index in [-0.39, 0.29) is 17.9 Å². The Kier molecular flexibility index (Phi) is 3.37. The summed E-state index contributed by atoms with van der Waals surface area (Å²) >= 11 is 0. The molecule has 2 aliphatic heterocycles. The molecular weight excluding hydrogens is 258 g/mol. The average molecular weight is 273 g/mol. The fourth-order valence-corrected chi connectivity index (χ4v) is 2.33. The predicted molar refractivity (Wildman–Crippen MR) is 72.4 cm³/mol. The molecule has 2 N–H and O–H groups in total. The summed E-state index contributed by atoms with van der Waals surface area (Å²) in [5.74, 6) is 0.481. The molecule has 2 aliphatic rings. The molecule has 0 saturated carbocycles. The molecule has 0 saturated heterocycles. The Balaban J connectivity index is 1.62. The van der Waals surface area contributed by atoms with Gasteiger partial charge in [-0.05, 0) is 18.1 Å². The second-order valence-corrected chi connectivity index (χ2v) is 4.89. The van der Waals surface area contributed by atoms with E-state index in [1.807, 2.05) is 24.3 Å². The molecular formula is C14H15N3O3. The second-order valence-electron chi connectivity index (χ2n) is 4.89. The maximum Gasteiger partial charge on any atom is 0.267 e. The standard InChI is InChI=1S/C14H15N3O3/c18-13-6-5-11(16-17-13)14(19)15-10-7-9-3-1-2-4-12(9)20-8-10/h1-4,10H,5-8H2,(H,15,19)(H,17,18). The number of hydrogen-bond acceptors (Lipinski definition) is 4. The number of hydrogen-bond donors (Lipinski definition) is 2. The number of fused-ring (bicyclic) bond motifs is 1. The number of rotatable bonds is 2. The summed E-state index contributed by atoms with van der Waals surface area (Å²) < 4.78 is 5.62. The Morgan fingerprint density at radius 1 is 1.35 bits per heavy atom. The first-order valence-corrected chi connectivity index (χ1v) is 6.59. The highest BCUT2D eigenvalue weighted by Crippen LogP contribution is 2.23. The monoisotopic (exact) mass is 273 g/mol. The Morgan fingerprint density at radius 3 is 3.00 bits per heavy atom. The lowest BCUT2D eigenvalue weighted by Crippen LogP contribution is -2.46. The number of carbonyl (C=O) groups excluding carboxylic acids is 2. The lowest BCUT2D eigenvalue weighted by Gasteiger charge is -2.26. The number of para-hydroxylation sites is 1. The highest BCUT2D eigenvalue weighted by atomic mass is 16.5. The van der Waals surface area contributed by atoms with E-state index in [0.717, 1.165) is 17.7 Å². The molecule has 1 atom stereocenters. The Hall–Kier alpha value is -2.37. The van der Waals surface area contributed by atoms with Crippen LogP contribution in [-0.4, -0.2) is 30.2 Å². The molecule has 20 heavy (non-hydrogen) atoms. The number of nitrogens with zero attached hydrogens (tertiary/aromatic N) is 1. The van der Waals surface area contributed by atoms with Crippen LogP contribution in [0.25, 0.3) is 0 Å². The zero-order valence-corrected chi connectivity index (χ0v) is 10.9. The maximum atomic E-state index is 12.0. The van der Waals surface area contributed by atoms with Gasteiger partial charge in [0.2, 0.25) is 5.91 Å². The minimum atomic E-state index is -0.238. The van der Waals surface area contributed by atoms with Crippen LogP contribution in [0.3, 0.4) is 0 Å². The zero-order valence-electron chi connectivity index (χ0n) is 10.9. The summed E-state index contributed by atoms with van der Waals surface area (Å²) in [5, 5.41) is 6.68. The normalized spacial score (nSPS) is 21.1. The highest BCUT2D eigenvalue weighted by molar-refractivity contribution is 6.39. The molecule has 0 bridgehead atoms. The number of nitrogens with one attached hydrogen (secondary N) is 2. The van der Waals surface area contributed by atoms with E-state index < -0.39 is 0 Å². The lowest BCUT2D eigenvalue weighted by molar-refractivity contribution is -0.121. The third-order valence-corrected chi connectivity index (χ3v) is 3.38. The maximum absolute atomic E-state index is 12.0. The van der Waals surface area contributed by atoms with Crippen molar-refractivity contribution in [2.45, 2.75) is 25.3 Å². The van der Waals surface area contributed by atoms with Gasteiger partial charge < -0.3 is 10.1 Å². The topological polar surface area (TPSA) is 79.8 Å². The smallest absolute Gasteiger partial charge is 0.267 e. The third-order valence-electron chi connectivity index (χ3n) is 3.38. The van der Waals surface area contributed by atoms with Crippen LogP contribution in [0.5, 0.6) is 5.75 Å². The molecule has 0 spiro atoms. The lowest BCUT2D eigenvalue weighted by atomic mass is 10.0. The third kappa shape index (κ3) is 2.64. The first-order valence-electron chi connectivity index (χ1n) is 6.59. The number of carbonyl (C=O) groups is 2. The van der Waals surface area contributed by atoms with Crippen molar-refractivity contribution < 1.29 is 14.3 Å².